The van der Waals surface area contributed by atoms with Crippen LogP contribution in [0.4, 0.5) is 0 Å². The Balaban J connectivity index is 1.95. The van der Waals surface area contributed by atoms with Crippen LogP contribution in [0.15, 0.2) is 6.33 Å². The van der Waals surface area contributed by atoms with Crippen LogP contribution in [0.1, 0.15) is 14.8 Å². The van der Waals surface area contributed by atoms with Gasteiger partial charge in [0.1, 0.15) is 29.2 Å². The van der Waals surface area contributed by atoms with E-state index < -0.39 is 54.1 Å². The summed E-state index contributed by atoms with van der Waals surface area (Å²) in [6.07, 6.45) is -0.101. The van der Waals surface area contributed by atoms with Crippen molar-refractivity contribution in [2.75, 3.05) is 6.56 Å². The molecule has 0 radical (unpaired) electrons. The number of aromatic nitrogens is 4. The molecule has 3 unspecified atom stereocenters. The highest BCUT2D eigenvalue weighted by Gasteiger charge is 2.56. The van der Waals surface area contributed by atoms with Crippen LogP contribution in [0, 0.1) is 23.9 Å². The molecule has 34 heavy (non-hydrogen) atoms. The molecule has 1 fully saturated rings. The summed E-state index contributed by atoms with van der Waals surface area (Å²) in [4.78, 5) is 46.9. The molecule has 0 amide bonds. The Bertz CT molecular complexity index is 1440. The van der Waals surface area contributed by atoms with Gasteiger partial charge in [-0.25, -0.2) is 23.7 Å². The number of imidazole rings is 1. The quantitative estimate of drug-likeness (QED) is 0.124. The molecule has 1 aliphatic heterocycles. The molecule has 3 rings (SSSR count). The maximum absolute atomic E-state index is 12.1. The zero-order valence-electron chi connectivity index (χ0n) is 18.5. The predicted molar refractivity (Wildman–Crippen MR) is 111 cm³/mol. The van der Waals surface area contributed by atoms with E-state index in [-0.39, 0.29) is 15.8 Å². The molecule has 1 saturated heterocycles. The van der Waals surface area contributed by atoms with Gasteiger partial charge < -0.3 is 39.5 Å². The topological polar surface area (TPSA) is 256 Å². The number of terminal acetylenes is 1. The molecule has 0 saturated carbocycles. The summed E-state index contributed by atoms with van der Waals surface area (Å²) in [5.74, 6) is 2.15. The number of fused-ring (bicyclic) bond motifs is 1. The minimum absolute atomic E-state index is 0.0438. The molecule has 188 valence electrons. The van der Waals surface area contributed by atoms with E-state index in [2.05, 4.69) is 28.1 Å². The first-order valence-electron chi connectivity index (χ1n) is 9.53. The Labute approximate surface area is 197 Å². The maximum atomic E-state index is 12.1. The van der Waals surface area contributed by atoms with E-state index in [9.17, 15) is 33.7 Å². The Morgan fingerprint density at radius 3 is 2.59 bits per heavy atom. The fourth-order valence-electron chi connectivity index (χ4n) is 2.86. The lowest BCUT2D eigenvalue weighted by atomic mass is 9.95. The molecule has 0 aliphatic carbocycles. The highest BCUT2D eigenvalue weighted by molar-refractivity contribution is 7.71. The van der Waals surface area contributed by atoms with Crippen molar-refractivity contribution in [2.45, 2.75) is 31.0 Å². The lowest BCUT2D eigenvalue weighted by Gasteiger charge is -2.26. The number of phosphoric ester groups is 1. The fraction of sp³-hybridized carbons (Fsp3) is 0.462. The van der Waals surface area contributed by atoms with E-state index in [1.165, 1.54) is 6.92 Å². The van der Waals surface area contributed by atoms with Gasteiger partial charge in [0, 0.05) is 0 Å². The van der Waals surface area contributed by atoms with Gasteiger partial charge in [-0.15, -0.1) is 6.42 Å². The van der Waals surface area contributed by atoms with Gasteiger partial charge >= 0.3 is 23.5 Å². The molecular formula is C13H17N4O13P3S. The van der Waals surface area contributed by atoms with Crippen LogP contribution in [-0.4, -0.2) is 73.7 Å². The Morgan fingerprint density at radius 2 is 2.00 bits per heavy atom. The normalized spacial score (nSPS) is 30.2. The third-order valence-corrected chi connectivity index (χ3v) is 8.09. The van der Waals surface area contributed by atoms with Crippen LogP contribution in [0.5, 0.6) is 0 Å². The molecule has 17 nitrogen and oxygen atoms in total. The molecule has 2 aromatic rings. The summed E-state index contributed by atoms with van der Waals surface area (Å²) in [6.45, 7) is -2.07. The monoisotopic (exact) mass is 564 g/mol. The van der Waals surface area contributed by atoms with Crippen molar-refractivity contribution in [3.8, 4) is 12.3 Å². The second-order valence-corrected chi connectivity index (χ2v) is 11.3. The number of hydrogen-bond donors (Lipinski definition) is 7. The summed E-state index contributed by atoms with van der Waals surface area (Å²) in [5, 5.41) is 21.6. The summed E-state index contributed by atoms with van der Waals surface area (Å²) in [5.41, 5.74) is -2.50. The van der Waals surface area contributed by atoms with Crippen LogP contribution in [0.3, 0.4) is 0 Å². The Morgan fingerprint density at radius 1 is 1.35 bits per heavy atom. The molecule has 1 aliphatic rings. The number of H-pyrrole nitrogens is 1. The first-order chi connectivity index (χ1) is 16.2. The zero-order valence-corrected chi connectivity index (χ0v) is 20.0. The number of aliphatic hydroxyl groups excluding tert-OH is 1. The third kappa shape index (κ3) is 5.71. The van der Waals surface area contributed by atoms with Gasteiger partial charge in [0.25, 0.3) is 0 Å². The van der Waals surface area contributed by atoms with Gasteiger partial charge in [0.2, 0.25) is 0 Å². The molecule has 0 spiro atoms. The Kier molecular flexibility index (Phi) is 6.61. The van der Waals surface area contributed by atoms with Gasteiger partial charge in [0.05, 0.1) is 15.6 Å². The zero-order chi connectivity index (χ0) is 27.5. The van der Waals surface area contributed by atoms with E-state index in [0.29, 0.717) is 5.82 Å². The summed E-state index contributed by atoms with van der Waals surface area (Å²) >= 11 is 5.10. The summed E-state index contributed by atoms with van der Waals surface area (Å²) < 4.78 is 67.9. The smallest absolute Gasteiger partial charge is 0.386 e. The van der Waals surface area contributed by atoms with Crippen LogP contribution >= 0.6 is 35.7 Å². The molecule has 0 aromatic carbocycles. The fourth-order valence-corrected chi connectivity index (χ4v) is 6.02. The van der Waals surface area contributed by atoms with Crippen molar-refractivity contribution in [3.05, 3.63) is 16.8 Å². The third-order valence-electron chi connectivity index (χ3n) is 4.14. The molecule has 7 N–H and O–H groups in total. The molecule has 3 heterocycles. The van der Waals surface area contributed by atoms with Gasteiger partial charge in [0.15, 0.2) is 16.5 Å². The van der Waals surface area contributed by atoms with Crippen molar-refractivity contribution >= 4 is 46.8 Å². The second kappa shape index (κ2) is 9.25. The molecule has 6 atom stereocenters. The first-order valence-corrected chi connectivity index (χ1v) is 13.5. The minimum Gasteiger partial charge on any atom is -0.386 e. The largest absolute Gasteiger partial charge is 0.490 e. The average Bonchev–Trinajstić information content (AvgIpc) is 3.17. The number of aryl methyl sites for hydroxylation is 1. The molecule has 0 bridgehead atoms. The highest BCUT2D eigenvalue weighted by Crippen LogP contribution is 2.66. The van der Waals surface area contributed by atoms with Crippen LogP contribution in [-0.2, 0) is 31.6 Å². The number of aliphatic hydroxyl groups is 2. The van der Waals surface area contributed by atoms with Crippen molar-refractivity contribution in [2.24, 2.45) is 0 Å². The summed E-state index contributed by atoms with van der Waals surface area (Å²) in [6, 6.07) is 0. The van der Waals surface area contributed by atoms with Crippen LogP contribution in [0.2, 0.25) is 0 Å². The van der Waals surface area contributed by atoms with Crippen molar-refractivity contribution in [1.29, 1.82) is 0 Å². The number of nitrogens with one attached hydrogen (secondary N) is 1. The van der Waals surface area contributed by atoms with Gasteiger partial charge in [-0.1, -0.05) is 18.1 Å². The van der Waals surface area contributed by atoms with Crippen LogP contribution < -0.4 is 0 Å². The number of rotatable bonds is 8. The maximum Gasteiger partial charge on any atom is 0.490 e. The van der Waals surface area contributed by atoms with Crippen molar-refractivity contribution < 1.29 is 64.1 Å². The number of ether oxygens (including phenoxy) is 1. The predicted octanol–water partition coefficient (Wildman–Crippen LogP) is -0.237. The SMILES string of the molecule is [2H]C([2H])(OP(=O)(O)OP(=O)(O)OP(=O)(O)O)[C@H]1O[C@@H](n2cnc3c(=S)nc(C)[nH]c32)C(O)(C#C)[C@H]1O. The Hall–Kier alpha value is -1.38. The lowest BCUT2D eigenvalue weighted by Crippen LogP contribution is -2.45. The number of nitrogens with zero attached hydrogens (tertiary/aromatic N) is 3. The molecule has 21 heteroatoms. The standard InChI is InChI=1S/C13H17N4O13P3S/c1-3-13(19)9(18)7(4-27-32(23,24)30-33(25,26)29-31(20,21)22)28-12(13)17-5-14-8-10(17)15-6(2)16-11(8)34/h1,5,7,9,12,18-19H,4H2,2H3,(H,23,24)(H,25,26)(H,15,16,34)(H2,20,21,22)/t7-,9+,12-,13?/m1/s1/i4D2. The van der Waals surface area contributed by atoms with Gasteiger partial charge in [-0.05, 0) is 6.92 Å². The summed E-state index contributed by atoms with van der Waals surface area (Å²) in [7, 11) is -17.7. The van der Waals surface area contributed by atoms with E-state index in [1.807, 2.05) is 5.92 Å². The number of aromatic amines is 1. The average molecular weight is 564 g/mol. The molecule has 2 aromatic heterocycles. The molecular weight excluding hydrogens is 545 g/mol. The first kappa shape index (κ1) is 24.3. The van der Waals surface area contributed by atoms with E-state index >= 15 is 0 Å². The van der Waals surface area contributed by atoms with Crippen LogP contribution in [0.25, 0.3) is 11.2 Å². The second-order valence-electron chi connectivity index (χ2n) is 6.60. The lowest BCUT2D eigenvalue weighted by molar-refractivity contribution is -0.0717. The minimum atomic E-state index is -6.01. The van der Waals surface area contributed by atoms with E-state index in [0.717, 1.165) is 10.9 Å². The highest BCUT2D eigenvalue weighted by atomic mass is 32.1. The number of phosphoric acid groups is 3. The van der Waals surface area contributed by atoms with Crippen molar-refractivity contribution in [1.82, 2.24) is 19.5 Å². The van der Waals surface area contributed by atoms with Crippen molar-refractivity contribution in [3.63, 3.8) is 0 Å². The van der Waals surface area contributed by atoms with E-state index in [1.54, 1.807) is 0 Å². The van der Waals surface area contributed by atoms with Gasteiger partial charge in [-0.2, -0.15) is 8.62 Å². The number of hydrogen-bond acceptors (Lipinski definition) is 12. The van der Waals surface area contributed by atoms with E-state index in [4.69, 9.17) is 35.9 Å². The van der Waals surface area contributed by atoms with Gasteiger partial charge in [-0.3, -0.25) is 9.09 Å².